The lowest BCUT2D eigenvalue weighted by molar-refractivity contribution is -0.153. The first-order chi connectivity index (χ1) is 14.0. The van der Waals surface area contributed by atoms with Crippen LogP contribution in [0.4, 0.5) is 0 Å². The maximum Gasteiger partial charge on any atom is 0.218 e. The Balaban J connectivity index is 1.31. The molecule has 2 aromatic rings. The molecule has 0 bridgehead atoms. The van der Waals surface area contributed by atoms with Crippen LogP contribution in [0.5, 0.6) is 0 Å². The first kappa shape index (κ1) is 20.5. The highest BCUT2D eigenvalue weighted by atomic mass is 32.2. The predicted molar refractivity (Wildman–Crippen MR) is 113 cm³/mol. The lowest BCUT2D eigenvalue weighted by Gasteiger charge is -2.45. The fraction of sp³-hybridized carbons (Fsp3) is 0.478. The molecule has 0 saturated carbocycles. The Morgan fingerprint density at radius 2 is 1.59 bits per heavy atom. The molecule has 0 radical (unpaired) electrons. The van der Waals surface area contributed by atoms with Crippen LogP contribution in [-0.4, -0.2) is 44.1 Å². The molecule has 156 valence electrons. The van der Waals surface area contributed by atoms with Gasteiger partial charge in [0.25, 0.3) is 0 Å². The Morgan fingerprint density at radius 3 is 2.24 bits per heavy atom. The third kappa shape index (κ3) is 5.25. The molecule has 4 rings (SSSR count). The Hall–Kier alpha value is -1.73. The largest absolute Gasteiger partial charge is 0.375 e. The van der Waals surface area contributed by atoms with Crippen molar-refractivity contribution in [2.45, 2.75) is 49.7 Å². The van der Waals surface area contributed by atoms with Crippen molar-refractivity contribution in [2.24, 2.45) is 0 Å². The number of ether oxygens (including phenoxy) is 2. The number of nitrogens with zero attached hydrogens (tertiary/aromatic N) is 1. The van der Waals surface area contributed by atoms with Gasteiger partial charge in [-0.15, -0.1) is 0 Å². The first-order valence-corrected chi connectivity index (χ1v) is 12.0. The Kier molecular flexibility index (Phi) is 6.35. The SMILES string of the molecule is O=S(=O)(Cc1ccccc1)N1CCC2(CC1)CC(OCc1ccccc1)CCO2. The second-order valence-electron chi connectivity index (χ2n) is 8.08. The van der Waals surface area contributed by atoms with Gasteiger partial charge in [-0.1, -0.05) is 60.7 Å². The summed E-state index contributed by atoms with van der Waals surface area (Å²) in [5.41, 5.74) is 1.75. The average Bonchev–Trinajstić information content (AvgIpc) is 2.74. The van der Waals surface area contributed by atoms with Crippen molar-refractivity contribution in [1.82, 2.24) is 4.31 Å². The van der Waals surface area contributed by atoms with Gasteiger partial charge < -0.3 is 9.47 Å². The van der Waals surface area contributed by atoms with Crippen LogP contribution in [-0.2, 0) is 31.9 Å². The van der Waals surface area contributed by atoms with Crippen molar-refractivity contribution < 1.29 is 17.9 Å². The fourth-order valence-corrected chi connectivity index (χ4v) is 5.85. The molecule has 2 saturated heterocycles. The molecule has 0 N–H and O–H groups in total. The predicted octanol–water partition coefficient (Wildman–Crippen LogP) is 3.75. The van der Waals surface area contributed by atoms with Crippen molar-refractivity contribution >= 4 is 10.0 Å². The van der Waals surface area contributed by atoms with Gasteiger partial charge in [0.05, 0.1) is 24.1 Å². The van der Waals surface area contributed by atoms with Gasteiger partial charge in [-0.25, -0.2) is 12.7 Å². The van der Waals surface area contributed by atoms with E-state index in [4.69, 9.17) is 9.47 Å². The molecule has 2 aromatic carbocycles. The van der Waals surface area contributed by atoms with E-state index in [1.54, 1.807) is 4.31 Å². The highest BCUT2D eigenvalue weighted by Gasteiger charge is 2.42. The summed E-state index contributed by atoms with van der Waals surface area (Å²) in [6.07, 6.45) is 3.35. The minimum atomic E-state index is -3.30. The summed E-state index contributed by atoms with van der Waals surface area (Å²) in [5, 5.41) is 0. The molecule has 2 heterocycles. The van der Waals surface area contributed by atoms with Crippen LogP contribution in [0.1, 0.15) is 36.8 Å². The van der Waals surface area contributed by atoms with E-state index in [-0.39, 0.29) is 17.5 Å². The van der Waals surface area contributed by atoms with Gasteiger partial charge >= 0.3 is 0 Å². The van der Waals surface area contributed by atoms with Crippen LogP contribution in [0.2, 0.25) is 0 Å². The van der Waals surface area contributed by atoms with E-state index in [1.165, 1.54) is 5.56 Å². The normalized spacial score (nSPS) is 22.6. The van der Waals surface area contributed by atoms with E-state index in [1.807, 2.05) is 48.5 Å². The summed E-state index contributed by atoms with van der Waals surface area (Å²) in [5.74, 6) is 0.0600. The average molecular weight is 416 g/mol. The van der Waals surface area contributed by atoms with Crippen LogP contribution in [0.15, 0.2) is 60.7 Å². The molecule has 0 amide bonds. The van der Waals surface area contributed by atoms with Crippen LogP contribution in [0.25, 0.3) is 0 Å². The third-order valence-corrected chi connectivity index (χ3v) is 7.85. The summed E-state index contributed by atoms with van der Waals surface area (Å²) < 4.78 is 39.6. The van der Waals surface area contributed by atoms with E-state index in [2.05, 4.69) is 12.1 Å². The summed E-state index contributed by atoms with van der Waals surface area (Å²) in [4.78, 5) is 0. The highest BCUT2D eigenvalue weighted by molar-refractivity contribution is 7.88. The molecule has 5 nitrogen and oxygen atoms in total. The molecule has 2 aliphatic heterocycles. The van der Waals surface area contributed by atoms with Gasteiger partial charge in [-0.05, 0) is 30.4 Å². The van der Waals surface area contributed by atoms with Crippen molar-refractivity contribution in [1.29, 1.82) is 0 Å². The summed E-state index contributed by atoms with van der Waals surface area (Å²) >= 11 is 0. The fourth-order valence-electron chi connectivity index (χ4n) is 4.31. The van der Waals surface area contributed by atoms with Crippen molar-refractivity contribution in [3.8, 4) is 0 Å². The van der Waals surface area contributed by atoms with Gasteiger partial charge in [-0.2, -0.15) is 0 Å². The highest BCUT2D eigenvalue weighted by Crippen LogP contribution is 2.37. The van der Waals surface area contributed by atoms with Gasteiger partial charge in [-0.3, -0.25) is 0 Å². The number of rotatable bonds is 6. The van der Waals surface area contributed by atoms with E-state index in [0.717, 1.165) is 31.2 Å². The third-order valence-electron chi connectivity index (χ3n) is 6.00. The summed E-state index contributed by atoms with van der Waals surface area (Å²) in [6.45, 7) is 2.32. The Bertz CT molecular complexity index is 878. The van der Waals surface area contributed by atoms with Crippen molar-refractivity contribution in [3.05, 3.63) is 71.8 Å². The number of benzene rings is 2. The summed E-state index contributed by atoms with van der Waals surface area (Å²) in [6, 6.07) is 19.6. The van der Waals surface area contributed by atoms with E-state index in [9.17, 15) is 8.42 Å². The van der Waals surface area contributed by atoms with Crippen LogP contribution < -0.4 is 0 Å². The molecule has 29 heavy (non-hydrogen) atoms. The smallest absolute Gasteiger partial charge is 0.218 e. The first-order valence-electron chi connectivity index (χ1n) is 10.4. The molecule has 2 fully saturated rings. The molecule has 2 aliphatic rings. The quantitative estimate of drug-likeness (QED) is 0.721. The molecule has 1 unspecified atom stereocenters. The second-order valence-corrected chi connectivity index (χ2v) is 10.1. The van der Waals surface area contributed by atoms with Gasteiger partial charge in [0.1, 0.15) is 0 Å². The zero-order valence-corrected chi connectivity index (χ0v) is 17.5. The van der Waals surface area contributed by atoms with E-state index < -0.39 is 10.0 Å². The second kappa shape index (κ2) is 8.96. The van der Waals surface area contributed by atoms with Gasteiger partial charge in [0.2, 0.25) is 10.0 Å². The molecule has 1 spiro atoms. The minimum absolute atomic E-state index is 0.0600. The summed E-state index contributed by atoms with van der Waals surface area (Å²) in [7, 11) is -3.30. The monoisotopic (exact) mass is 415 g/mol. The molecule has 0 aliphatic carbocycles. The molecular formula is C23H29NO4S. The lowest BCUT2D eigenvalue weighted by atomic mass is 9.84. The zero-order chi connectivity index (χ0) is 20.2. The lowest BCUT2D eigenvalue weighted by Crippen LogP contribution is -2.52. The molecule has 0 aromatic heterocycles. The zero-order valence-electron chi connectivity index (χ0n) is 16.7. The minimum Gasteiger partial charge on any atom is -0.375 e. The number of hydrogen-bond acceptors (Lipinski definition) is 4. The Labute approximate surface area is 173 Å². The van der Waals surface area contributed by atoms with Crippen LogP contribution >= 0.6 is 0 Å². The molecule has 6 heteroatoms. The van der Waals surface area contributed by atoms with Crippen molar-refractivity contribution in [2.75, 3.05) is 19.7 Å². The topological polar surface area (TPSA) is 55.8 Å². The maximum atomic E-state index is 12.8. The van der Waals surface area contributed by atoms with E-state index >= 15 is 0 Å². The van der Waals surface area contributed by atoms with Gasteiger partial charge in [0.15, 0.2) is 0 Å². The van der Waals surface area contributed by atoms with Crippen LogP contribution in [0.3, 0.4) is 0 Å². The number of piperidine rings is 1. The number of sulfonamides is 1. The van der Waals surface area contributed by atoms with Crippen molar-refractivity contribution in [3.63, 3.8) is 0 Å². The molecular weight excluding hydrogens is 386 g/mol. The Morgan fingerprint density at radius 1 is 0.966 bits per heavy atom. The molecule has 1 atom stereocenters. The van der Waals surface area contributed by atoms with E-state index in [0.29, 0.717) is 26.3 Å². The standard InChI is InChI=1S/C23H29NO4S/c25-29(26,19-21-9-5-2-6-10-21)24-14-12-23(13-15-24)17-22(11-16-28-23)27-18-20-7-3-1-4-8-20/h1-10,22H,11-19H2. The van der Waals surface area contributed by atoms with Gasteiger partial charge in [0, 0.05) is 26.1 Å². The number of hydrogen-bond donors (Lipinski definition) is 0. The maximum absolute atomic E-state index is 12.8. The van der Waals surface area contributed by atoms with Crippen LogP contribution in [0, 0.1) is 0 Å².